The minimum absolute atomic E-state index is 0.0762. The molecule has 1 aliphatic heterocycles. The van der Waals surface area contributed by atoms with Crippen LogP contribution in [0.3, 0.4) is 0 Å². The van der Waals surface area contributed by atoms with E-state index in [0.29, 0.717) is 23.1 Å². The first-order valence-electron chi connectivity index (χ1n) is 15.0. The minimum Gasteiger partial charge on any atom is -0.497 e. The van der Waals surface area contributed by atoms with Crippen molar-refractivity contribution in [2.75, 3.05) is 33.4 Å². The first-order valence-corrected chi connectivity index (χ1v) is 15.0. The van der Waals surface area contributed by atoms with Crippen LogP contribution in [0.2, 0.25) is 0 Å². The zero-order valence-electron chi connectivity index (χ0n) is 25.9. The van der Waals surface area contributed by atoms with Gasteiger partial charge in [0.2, 0.25) is 11.8 Å². The standard InChI is InChI=1S/C31H44F2N4O6/c1-18-8-7-9-20(18)12-13-42-17-31(32,33)25-27(35-23-14-21(41-6)10-11-22(23)34-25)43-24-16-37(15-19(24)2)28(38)26(30(3,4)5)36-29(39)40/h10-11,14,18-20,24,26,36H,7-9,12-13,15-17H2,1-6H3,(H,39,40)/t18?,19-,20-,24?,26+/m0/s1. The summed E-state index contributed by atoms with van der Waals surface area (Å²) in [6.07, 6.45) is 2.18. The Morgan fingerprint density at radius 3 is 2.49 bits per heavy atom. The topological polar surface area (TPSA) is 123 Å². The summed E-state index contributed by atoms with van der Waals surface area (Å²) in [5.41, 5.74) is -0.740. The number of alkyl halides is 2. The van der Waals surface area contributed by atoms with Crippen LogP contribution >= 0.6 is 0 Å². The summed E-state index contributed by atoms with van der Waals surface area (Å²) in [5.74, 6) is -2.92. The van der Waals surface area contributed by atoms with Crippen molar-refractivity contribution < 1.29 is 37.7 Å². The van der Waals surface area contributed by atoms with Crippen LogP contribution in [0.5, 0.6) is 11.6 Å². The number of methoxy groups -OCH3 is 1. The molecule has 12 heteroatoms. The second-order valence-corrected chi connectivity index (χ2v) is 13.1. The Morgan fingerprint density at radius 2 is 1.86 bits per heavy atom. The number of carbonyl (C=O) groups is 2. The molecule has 1 aliphatic carbocycles. The third-order valence-corrected chi connectivity index (χ3v) is 8.64. The van der Waals surface area contributed by atoms with Gasteiger partial charge in [-0.1, -0.05) is 53.9 Å². The Hall–Kier alpha value is -3.28. The average molecular weight is 607 g/mol. The van der Waals surface area contributed by atoms with Crippen molar-refractivity contribution in [1.82, 2.24) is 20.2 Å². The number of hydrogen-bond acceptors (Lipinski definition) is 7. The first kappa shape index (κ1) is 32.6. The van der Waals surface area contributed by atoms with Crippen molar-refractivity contribution in [3.8, 4) is 11.6 Å². The Bertz CT molecular complexity index is 1300. The molecule has 10 nitrogen and oxygen atoms in total. The predicted molar refractivity (Wildman–Crippen MR) is 156 cm³/mol. The van der Waals surface area contributed by atoms with Gasteiger partial charge < -0.3 is 29.5 Å². The van der Waals surface area contributed by atoms with E-state index in [1.807, 2.05) is 6.92 Å². The van der Waals surface area contributed by atoms with Gasteiger partial charge in [0, 0.05) is 25.1 Å². The smallest absolute Gasteiger partial charge is 0.405 e. The number of halogens is 2. The number of carboxylic acid groups (broad SMARTS) is 1. The van der Waals surface area contributed by atoms with Gasteiger partial charge in [-0.25, -0.2) is 14.8 Å². The van der Waals surface area contributed by atoms with Crippen molar-refractivity contribution in [3.05, 3.63) is 23.9 Å². The maximum Gasteiger partial charge on any atom is 0.405 e. The number of fused-ring (bicyclic) bond motifs is 1. The van der Waals surface area contributed by atoms with Crippen molar-refractivity contribution in [1.29, 1.82) is 0 Å². The number of hydrogen-bond donors (Lipinski definition) is 2. The van der Waals surface area contributed by atoms with E-state index in [9.17, 15) is 14.7 Å². The summed E-state index contributed by atoms with van der Waals surface area (Å²) in [6, 6.07) is 3.79. The van der Waals surface area contributed by atoms with Gasteiger partial charge >= 0.3 is 12.0 Å². The van der Waals surface area contributed by atoms with Crippen molar-refractivity contribution >= 4 is 23.0 Å². The number of rotatable bonds is 11. The molecule has 5 atom stereocenters. The molecule has 2 unspecified atom stereocenters. The van der Waals surface area contributed by atoms with Gasteiger partial charge in [0.1, 0.15) is 24.5 Å². The summed E-state index contributed by atoms with van der Waals surface area (Å²) in [5, 5.41) is 11.6. The molecule has 4 rings (SSSR count). The van der Waals surface area contributed by atoms with Crippen LogP contribution in [0.1, 0.15) is 66.0 Å². The molecule has 1 saturated carbocycles. The second-order valence-electron chi connectivity index (χ2n) is 13.1. The number of ether oxygens (including phenoxy) is 3. The molecule has 43 heavy (non-hydrogen) atoms. The lowest BCUT2D eigenvalue weighted by atomic mass is 9.86. The molecule has 2 amide bonds. The van der Waals surface area contributed by atoms with E-state index in [1.165, 1.54) is 12.0 Å². The van der Waals surface area contributed by atoms with Crippen molar-refractivity contribution in [2.45, 2.75) is 78.4 Å². The summed E-state index contributed by atoms with van der Waals surface area (Å²) in [6.45, 7) is 9.05. The molecule has 2 N–H and O–H groups in total. The Labute approximate surface area is 251 Å². The Kier molecular flexibility index (Phi) is 9.98. The van der Waals surface area contributed by atoms with Crippen molar-refractivity contribution in [2.24, 2.45) is 23.2 Å². The molecule has 0 radical (unpaired) electrons. The monoisotopic (exact) mass is 606 g/mol. The quantitative estimate of drug-likeness (QED) is 0.323. The number of nitrogens with zero attached hydrogens (tertiary/aromatic N) is 3. The summed E-state index contributed by atoms with van der Waals surface area (Å²) in [4.78, 5) is 35.0. The fourth-order valence-corrected chi connectivity index (χ4v) is 5.99. The van der Waals surface area contributed by atoms with Crippen LogP contribution in [0.4, 0.5) is 13.6 Å². The van der Waals surface area contributed by atoms with E-state index in [1.54, 1.807) is 39.0 Å². The third-order valence-electron chi connectivity index (χ3n) is 8.64. The van der Waals surface area contributed by atoms with Gasteiger partial charge in [-0.3, -0.25) is 4.79 Å². The number of carbonyl (C=O) groups excluding carboxylic acids is 1. The zero-order chi connectivity index (χ0) is 31.5. The SMILES string of the molecule is COc1ccc2nc(C(F)(F)COCC[C@@H]3CCCC3C)c(OC3CN(C(=O)[C@@H](NC(=O)O)C(C)(C)C)C[C@@H]3C)nc2c1. The summed E-state index contributed by atoms with van der Waals surface area (Å²) >= 11 is 0. The van der Waals surface area contributed by atoms with Crippen LogP contribution in [0.15, 0.2) is 18.2 Å². The van der Waals surface area contributed by atoms with E-state index in [-0.39, 0.29) is 37.0 Å². The lowest BCUT2D eigenvalue weighted by Gasteiger charge is -2.32. The average Bonchev–Trinajstić information content (AvgIpc) is 3.52. The molecule has 1 saturated heterocycles. The van der Waals surface area contributed by atoms with Crippen LogP contribution in [0.25, 0.3) is 11.0 Å². The zero-order valence-corrected chi connectivity index (χ0v) is 25.9. The molecule has 1 aromatic heterocycles. The summed E-state index contributed by atoms with van der Waals surface area (Å²) < 4.78 is 48.4. The van der Waals surface area contributed by atoms with Crippen LogP contribution in [-0.4, -0.2) is 77.5 Å². The predicted octanol–water partition coefficient (Wildman–Crippen LogP) is 5.48. The molecular formula is C31H44F2N4O6. The Morgan fingerprint density at radius 1 is 1.12 bits per heavy atom. The van der Waals surface area contributed by atoms with Crippen molar-refractivity contribution in [3.63, 3.8) is 0 Å². The fourth-order valence-electron chi connectivity index (χ4n) is 5.99. The second kappa shape index (κ2) is 13.2. The largest absolute Gasteiger partial charge is 0.497 e. The third kappa shape index (κ3) is 7.82. The van der Waals surface area contributed by atoms with Gasteiger partial charge in [0.15, 0.2) is 5.69 Å². The van der Waals surface area contributed by atoms with E-state index in [4.69, 9.17) is 14.2 Å². The van der Waals surface area contributed by atoms with E-state index < -0.39 is 47.8 Å². The maximum atomic E-state index is 15.7. The molecule has 238 valence electrons. The van der Waals surface area contributed by atoms with Gasteiger partial charge in [-0.05, 0) is 35.8 Å². The van der Waals surface area contributed by atoms with Crippen LogP contribution in [-0.2, 0) is 15.5 Å². The number of nitrogens with one attached hydrogen (secondary N) is 1. The summed E-state index contributed by atoms with van der Waals surface area (Å²) in [7, 11) is 1.49. The molecular weight excluding hydrogens is 562 g/mol. The lowest BCUT2D eigenvalue weighted by molar-refractivity contribution is -0.135. The normalized spacial score (nSPS) is 23.4. The van der Waals surface area contributed by atoms with E-state index >= 15 is 8.78 Å². The number of benzene rings is 1. The number of amides is 2. The highest BCUT2D eigenvalue weighted by Crippen LogP contribution is 2.38. The molecule has 2 heterocycles. The van der Waals surface area contributed by atoms with Gasteiger partial charge in [-0.15, -0.1) is 0 Å². The minimum atomic E-state index is -3.49. The van der Waals surface area contributed by atoms with Gasteiger partial charge in [-0.2, -0.15) is 8.78 Å². The van der Waals surface area contributed by atoms with Gasteiger partial charge in [0.25, 0.3) is 0 Å². The van der Waals surface area contributed by atoms with E-state index in [2.05, 4.69) is 22.2 Å². The number of aromatic nitrogens is 2. The van der Waals surface area contributed by atoms with Crippen LogP contribution in [0, 0.1) is 23.2 Å². The fraction of sp³-hybridized carbons (Fsp3) is 0.677. The molecule has 2 aromatic rings. The molecule has 0 bridgehead atoms. The van der Waals surface area contributed by atoms with E-state index in [0.717, 1.165) is 25.7 Å². The maximum absolute atomic E-state index is 15.7. The molecule has 1 aromatic carbocycles. The highest BCUT2D eigenvalue weighted by atomic mass is 19.3. The Balaban J connectivity index is 1.56. The molecule has 0 spiro atoms. The highest BCUT2D eigenvalue weighted by Gasteiger charge is 2.44. The highest BCUT2D eigenvalue weighted by molar-refractivity contribution is 5.86. The van der Waals surface area contributed by atoms with Gasteiger partial charge in [0.05, 0.1) is 24.7 Å². The molecule has 2 fully saturated rings. The first-order chi connectivity index (χ1) is 20.2. The molecule has 2 aliphatic rings. The van der Waals surface area contributed by atoms with Crippen LogP contribution < -0.4 is 14.8 Å². The number of likely N-dealkylation sites (tertiary alicyclic amines) is 1. The lowest BCUT2D eigenvalue weighted by Crippen LogP contribution is -2.54.